The molecule has 0 aliphatic heterocycles. The highest BCUT2D eigenvalue weighted by molar-refractivity contribution is 6.32. The van der Waals surface area contributed by atoms with Crippen LogP contribution in [0.4, 0.5) is 5.69 Å². The van der Waals surface area contributed by atoms with Gasteiger partial charge in [-0.1, -0.05) is 16.8 Å². The molecule has 7 nitrogen and oxygen atoms in total. The Kier molecular flexibility index (Phi) is 3.16. The molecule has 2 rings (SSSR count). The predicted octanol–water partition coefficient (Wildman–Crippen LogP) is 0.461. The van der Waals surface area contributed by atoms with Crippen molar-refractivity contribution >= 4 is 17.3 Å². The molecule has 2 aromatic rings. The molecule has 0 bridgehead atoms. The van der Waals surface area contributed by atoms with Gasteiger partial charge in [0, 0.05) is 13.0 Å². The molecule has 2 heterocycles. The fourth-order valence-electron chi connectivity index (χ4n) is 1.12. The summed E-state index contributed by atoms with van der Waals surface area (Å²) < 4.78 is 4.58. The highest BCUT2D eigenvalue weighted by atomic mass is 35.5. The molecule has 0 radical (unpaired) electrons. The lowest BCUT2D eigenvalue weighted by molar-refractivity contribution is 0.410. The van der Waals surface area contributed by atoms with Gasteiger partial charge in [-0.15, -0.1) is 0 Å². The van der Waals surface area contributed by atoms with Crippen molar-refractivity contribution in [1.29, 1.82) is 0 Å². The lowest BCUT2D eigenvalue weighted by atomic mass is 10.4. The van der Waals surface area contributed by atoms with Crippen molar-refractivity contribution in [2.75, 3.05) is 11.9 Å². The number of nitrogens with zero attached hydrogens (tertiary/aromatic N) is 3. The Bertz CT molecular complexity index is 509. The van der Waals surface area contributed by atoms with E-state index in [1.54, 1.807) is 0 Å². The van der Waals surface area contributed by atoms with E-state index in [4.69, 9.17) is 11.6 Å². The van der Waals surface area contributed by atoms with Crippen LogP contribution in [-0.4, -0.2) is 26.9 Å². The summed E-state index contributed by atoms with van der Waals surface area (Å²) in [6.07, 6.45) is 3.27. The first-order chi connectivity index (χ1) is 7.77. The van der Waals surface area contributed by atoms with Crippen molar-refractivity contribution in [3.63, 3.8) is 0 Å². The van der Waals surface area contributed by atoms with Gasteiger partial charge in [0.25, 0.3) is 5.56 Å². The normalized spacial score (nSPS) is 10.3. The molecule has 0 atom stereocenters. The van der Waals surface area contributed by atoms with Crippen LogP contribution in [0.5, 0.6) is 0 Å². The summed E-state index contributed by atoms with van der Waals surface area (Å²) in [5, 5.41) is 12.5. The molecule has 0 spiro atoms. The Morgan fingerprint density at radius 2 is 2.44 bits per heavy atom. The zero-order valence-electron chi connectivity index (χ0n) is 8.11. The molecule has 16 heavy (non-hydrogen) atoms. The largest absolute Gasteiger partial charge is 0.382 e. The standard InChI is InChI=1S/C8H8ClN5O2/c9-7-5(3-12-13-8(7)15)10-2-1-6-11-4-16-14-6/h3-4H,1-2H2,(H2,10,13,15). The molecule has 0 aliphatic rings. The Labute approximate surface area is 94.8 Å². The lowest BCUT2D eigenvalue weighted by Gasteiger charge is -2.04. The fraction of sp³-hybridized carbons (Fsp3) is 0.250. The van der Waals surface area contributed by atoms with Gasteiger partial charge in [0.05, 0.1) is 11.9 Å². The Balaban J connectivity index is 1.95. The number of nitrogens with one attached hydrogen (secondary N) is 2. The topological polar surface area (TPSA) is 96.7 Å². The first kappa shape index (κ1) is 10.6. The van der Waals surface area contributed by atoms with E-state index in [2.05, 4.69) is 30.2 Å². The van der Waals surface area contributed by atoms with Crippen LogP contribution in [-0.2, 0) is 6.42 Å². The molecule has 0 amide bonds. The summed E-state index contributed by atoms with van der Waals surface area (Å²) in [5.74, 6) is 0.585. The van der Waals surface area contributed by atoms with Crippen LogP contribution in [0.1, 0.15) is 5.82 Å². The van der Waals surface area contributed by atoms with E-state index in [0.717, 1.165) is 0 Å². The number of anilines is 1. The van der Waals surface area contributed by atoms with E-state index in [9.17, 15) is 4.79 Å². The molecule has 0 aliphatic carbocycles. The number of hydrogen-bond acceptors (Lipinski definition) is 6. The van der Waals surface area contributed by atoms with Crippen LogP contribution >= 0.6 is 11.6 Å². The molecule has 0 saturated carbocycles. The number of hydrogen-bond donors (Lipinski definition) is 2. The molecule has 2 aromatic heterocycles. The van der Waals surface area contributed by atoms with E-state index in [1.165, 1.54) is 12.6 Å². The lowest BCUT2D eigenvalue weighted by Crippen LogP contribution is -2.13. The first-order valence-electron chi connectivity index (χ1n) is 4.49. The van der Waals surface area contributed by atoms with Crippen LogP contribution in [0.3, 0.4) is 0 Å². The maximum absolute atomic E-state index is 11.1. The van der Waals surface area contributed by atoms with Gasteiger partial charge in [-0.05, 0) is 0 Å². The SMILES string of the molecule is O=c1[nH]ncc(NCCc2ncon2)c1Cl. The zero-order valence-corrected chi connectivity index (χ0v) is 8.86. The minimum Gasteiger partial charge on any atom is -0.382 e. The number of aromatic amines is 1. The van der Waals surface area contributed by atoms with Crippen LogP contribution in [0, 0.1) is 0 Å². The number of rotatable bonds is 4. The minimum absolute atomic E-state index is 0.0862. The maximum Gasteiger partial charge on any atom is 0.285 e. The van der Waals surface area contributed by atoms with Crippen LogP contribution in [0.25, 0.3) is 0 Å². The van der Waals surface area contributed by atoms with Crippen molar-refractivity contribution in [2.24, 2.45) is 0 Å². The Morgan fingerprint density at radius 1 is 1.56 bits per heavy atom. The average molecular weight is 242 g/mol. The third-order valence-electron chi connectivity index (χ3n) is 1.87. The quantitative estimate of drug-likeness (QED) is 0.807. The van der Waals surface area contributed by atoms with Gasteiger partial charge in [-0.25, -0.2) is 5.10 Å². The van der Waals surface area contributed by atoms with E-state index < -0.39 is 5.56 Å². The number of halogens is 1. The highest BCUT2D eigenvalue weighted by Crippen LogP contribution is 2.13. The highest BCUT2D eigenvalue weighted by Gasteiger charge is 2.04. The number of aromatic nitrogens is 4. The summed E-state index contributed by atoms with van der Waals surface area (Å²) >= 11 is 5.76. The molecule has 8 heteroatoms. The van der Waals surface area contributed by atoms with E-state index in [1.807, 2.05) is 0 Å². The van der Waals surface area contributed by atoms with Gasteiger partial charge in [-0.3, -0.25) is 4.79 Å². The molecule has 0 fully saturated rings. The molecular weight excluding hydrogens is 234 g/mol. The summed E-state index contributed by atoms with van der Waals surface area (Å²) in [5.41, 5.74) is 0.0557. The van der Waals surface area contributed by atoms with Gasteiger partial charge in [0.1, 0.15) is 5.02 Å². The molecule has 2 N–H and O–H groups in total. The van der Waals surface area contributed by atoms with Crippen LogP contribution < -0.4 is 10.9 Å². The van der Waals surface area contributed by atoms with Gasteiger partial charge in [0.15, 0.2) is 5.82 Å². The maximum atomic E-state index is 11.1. The molecular formula is C8H8ClN5O2. The van der Waals surface area contributed by atoms with E-state index in [0.29, 0.717) is 24.5 Å². The van der Waals surface area contributed by atoms with E-state index >= 15 is 0 Å². The van der Waals surface area contributed by atoms with Gasteiger partial charge in [-0.2, -0.15) is 10.1 Å². The molecule has 0 unspecified atom stereocenters. The molecule has 84 valence electrons. The van der Waals surface area contributed by atoms with Gasteiger partial charge >= 0.3 is 0 Å². The summed E-state index contributed by atoms with van der Waals surface area (Å²) in [6, 6.07) is 0. The second-order valence-corrected chi connectivity index (χ2v) is 3.33. The van der Waals surface area contributed by atoms with Crippen molar-refractivity contribution < 1.29 is 4.52 Å². The van der Waals surface area contributed by atoms with Crippen molar-refractivity contribution in [2.45, 2.75) is 6.42 Å². The third kappa shape index (κ3) is 2.37. The molecule has 0 aromatic carbocycles. The molecule has 0 saturated heterocycles. The van der Waals surface area contributed by atoms with Crippen molar-refractivity contribution in [3.05, 3.63) is 33.8 Å². The Morgan fingerprint density at radius 3 is 3.19 bits per heavy atom. The average Bonchev–Trinajstić information content (AvgIpc) is 2.77. The summed E-state index contributed by atoms with van der Waals surface area (Å²) in [6.45, 7) is 0.532. The van der Waals surface area contributed by atoms with Crippen LogP contribution in [0.2, 0.25) is 5.02 Å². The third-order valence-corrected chi connectivity index (χ3v) is 2.24. The van der Waals surface area contributed by atoms with Gasteiger partial charge < -0.3 is 9.84 Å². The monoisotopic (exact) mass is 241 g/mol. The second kappa shape index (κ2) is 4.75. The minimum atomic E-state index is -0.425. The summed E-state index contributed by atoms with van der Waals surface area (Å²) in [7, 11) is 0. The van der Waals surface area contributed by atoms with Gasteiger partial charge in [0.2, 0.25) is 6.39 Å². The Hall–Kier alpha value is -1.89. The fourth-order valence-corrected chi connectivity index (χ4v) is 1.28. The van der Waals surface area contributed by atoms with Crippen molar-refractivity contribution in [3.8, 4) is 0 Å². The second-order valence-electron chi connectivity index (χ2n) is 2.95. The van der Waals surface area contributed by atoms with Crippen LogP contribution in [0.15, 0.2) is 21.9 Å². The summed E-state index contributed by atoms with van der Waals surface area (Å²) in [4.78, 5) is 15.0. The van der Waals surface area contributed by atoms with E-state index in [-0.39, 0.29) is 5.02 Å². The first-order valence-corrected chi connectivity index (χ1v) is 4.87. The predicted molar refractivity (Wildman–Crippen MR) is 56.4 cm³/mol. The zero-order chi connectivity index (χ0) is 11.4. The van der Waals surface area contributed by atoms with Crippen molar-refractivity contribution in [1.82, 2.24) is 20.3 Å². The smallest absolute Gasteiger partial charge is 0.285 e. The number of H-pyrrole nitrogens is 1.